The molecule has 1 aliphatic rings. The van der Waals surface area contributed by atoms with Gasteiger partial charge in [-0.1, -0.05) is 46.0 Å². The molecule has 0 aromatic heterocycles. The predicted octanol–water partition coefficient (Wildman–Crippen LogP) is -0.191. The molecule has 29 heavy (non-hydrogen) atoms. The third-order valence-corrected chi connectivity index (χ3v) is 5.21. The summed E-state index contributed by atoms with van der Waals surface area (Å²) in [6.45, 7) is 3.41. The highest BCUT2D eigenvalue weighted by molar-refractivity contribution is 5.76. The first-order valence-electron chi connectivity index (χ1n) is 10.7. The van der Waals surface area contributed by atoms with E-state index in [1.165, 1.54) is 0 Å². The fourth-order valence-corrected chi connectivity index (χ4v) is 3.27. The van der Waals surface area contributed by atoms with E-state index < -0.39 is 49.5 Å². The molecule has 1 amide bonds. The second kappa shape index (κ2) is 14.2. The number of carbonyl (C=O) groups is 1. The van der Waals surface area contributed by atoms with Crippen molar-refractivity contribution in [2.45, 2.75) is 108 Å². The minimum absolute atomic E-state index is 0.143. The van der Waals surface area contributed by atoms with E-state index in [9.17, 15) is 30.3 Å². The predicted molar refractivity (Wildman–Crippen MR) is 106 cm³/mol. The third-order valence-electron chi connectivity index (χ3n) is 5.21. The average molecular weight is 422 g/mol. The molecule has 6 N–H and O–H groups in total. The van der Waals surface area contributed by atoms with E-state index in [4.69, 9.17) is 9.47 Å². The van der Waals surface area contributed by atoms with Gasteiger partial charge in [-0.15, -0.1) is 0 Å². The van der Waals surface area contributed by atoms with E-state index in [-0.39, 0.29) is 12.5 Å². The molecule has 0 aromatic rings. The lowest BCUT2D eigenvalue weighted by atomic mass is 9.99. The summed E-state index contributed by atoms with van der Waals surface area (Å²) in [6.07, 6.45) is -1.42. The maximum absolute atomic E-state index is 12.2. The van der Waals surface area contributed by atoms with Crippen LogP contribution in [0.4, 0.5) is 0 Å². The van der Waals surface area contributed by atoms with Crippen LogP contribution >= 0.6 is 0 Å². The van der Waals surface area contributed by atoms with E-state index in [0.717, 1.165) is 38.5 Å². The Morgan fingerprint density at radius 1 is 1.03 bits per heavy atom. The quantitative estimate of drug-likeness (QED) is 0.211. The third kappa shape index (κ3) is 8.84. The molecule has 0 radical (unpaired) electrons. The van der Waals surface area contributed by atoms with Gasteiger partial charge in [0.1, 0.15) is 24.4 Å². The molecule has 9 nitrogen and oxygen atoms in total. The fraction of sp³-hybridized carbons (Fsp3) is 0.950. The van der Waals surface area contributed by atoms with E-state index in [1.807, 2.05) is 6.92 Å². The summed E-state index contributed by atoms with van der Waals surface area (Å²) >= 11 is 0. The Bertz CT molecular complexity index is 450. The lowest BCUT2D eigenvalue weighted by Crippen LogP contribution is -2.60. The van der Waals surface area contributed by atoms with E-state index >= 15 is 0 Å². The summed E-state index contributed by atoms with van der Waals surface area (Å²) in [6, 6.07) is -0.701. The molecule has 0 aliphatic carbocycles. The Morgan fingerprint density at radius 3 is 2.31 bits per heavy atom. The number of carbonyl (C=O) groups excluding carboxylic acids is 1. The number of nitrogens with one attached hydrogen (secondary N) is 1. The number of unbranched alkanes of at least 4 members (excludes halogenated alkanes) is 4. The van der Waals surface area contributed by atoms with Crippen molar-refractivity contribution in [1.29, 1.82) is 0 Å². The molecule has 1 saturated heterocycles. The van der Waals surface area contributed by atoms with Crippen LogP contribution in [0.3, 0.4) is 0 Å². The molecule has 7 atom stereocenters. The number of amides is 1. The van der Waals surface area contributed by atoms with Crippen LogP contribution < -0.4 is 5.32 Å². The van der Waals surface area contributed by atoms with Crippen molar-refractivity contribution in [3.63, 3.8) is 0 Å². The number of ether oxygens (including phenoxy) is 2. The summed E-state index contributed by atoms with van der Waals surface area (Å²) in [5.41, 5.74) is 0. The Hall–Kier alpha value is -0.810. The van der Waals surface area contributed by atoms with Gasteiger partial charge in [0.2, 0.25) is 5.91 Å². The van der Waals surface area contributed by atoms with Crippen molar-refractivity contribution >= 4 is 5.91 Å². The number of aliphatic hydroxyl groups is 5. The van der Waals surface area contributed by atoms with Crippen LogP contribution in [0.15, 0.2) is 0 Å². The zero-order valence-electron chi connectivity index (χ0n) is 17.6. The van der Waals surface area contributed by atoms with Gasteiger partial charge in [0.15, 0.2) is 6.29 Å². The van der Waals surface area contributed by atoms with Gasteiger partial charge in [-0.3, -0.25) is 4.79 Å². The van der Waals surface area contributed by atoms with Crippen molar-refractivity contribution in [3.8, 4) is 0 Å². The van der Waals surface area contributed by atoms with Crippen molar-refractivity contribution in [1.82, 2.24) is 5.32 Å². The summed E-state index contributed by atoms with van der Waals surface area (Å²) < 4.78 is 10.9. The highest BCUT2D eigenvalue weighted by Crippen LogP contribution is 2.22. The molecule has 172 valence electrons. The van der Waals surface area contributed by atoms with Gasteiger partial charge in [0.05, 0.1) is 25.4 Å². The fourth-order valence-electron chi connectivity index (χ4n) is 3.27. The van der Waals surface area contributed by atoms with Gasteiger partial charge in [-0.05, 0) is 12.8 Å². The van der Waals surface area contributed by atoms with Crippen LogP contribution in [0.5, 0.6) is 0 Å². The molecule has 0 bridgehead atoms. The van der Waals surface area contributed by atoms with Gasteiger partial charge < -0.3 is 40.3 Å². The monoisotopic (exact) mass is 421 g/mol. The zero-order valence-corrected chi connectivity index (χ0v) is 17.6. The minimum atomic E-state index is -1.54. The van der Waals surface area contributed by atoms with E-state index in [2.05, 4.69) is 12.2 Å². The zero-order chi connectivity index (χ0) is 21.8. The Morgan fingerprint density at radius 2 is 1.69 bits per heavy atom. The number of hydrogen-bond donors (Lipinski definition) is 6. The molecular weight excluding hydrogens is 382 g/mol. The largest absolute Gasteiger partial charge is 0.394 e. The van der Waals surface area contributed by atoms with Crippen LogP contribution in [-0.2, 0) is 14.3 Å². The van der Waals surface area contributed by atoms with Gasteiger partial charge in [0, 0.05) is 6.42 Å². The molecule has 0 aromatic carbocycles. The van der Waals surface area contributed by atoms with Crippen molar-refractivity contribution in [3.05, 3.63) is 0 Å². The molecule has 1 aliphatic heterocycles. The van der Waals surface area contributed by atoms with Crippen LogP contribution in [0.1, 0.15) is 65.2 Å². The minimum Gasteiger partial charge on any atom is -0.394 e. The highest BCUT2D eigenvalue weighted by atomic mass is 16.7. The Labute approximate surface area is 173 Å². The lowest BCUT2D eigenvalue weighted by molar-refractivity contribution is -0.302. The van der Waals surface area contributed by atoms with Gasteiger partial charge >= 0.3 is 0 Å². The van der Waals surface area contributed by atoms with E-state index in [0.29, 0.717) is 12.8 Å². The number of rotatable bonds is 14. The second-order valence-electron chi connectivity index (χ2n) is 7.72. The topological polar surface area (TPSA) is 149 Å². The van der Waals surface area contributed by atoms with Crippen molar-refractivity contribution < 1.29 is 39.8 Å². The molecule has 1 rings (SSSR count). The Balaban J connectivity index is 2.67. The standard InChI is InChI=1S/C20H39NO8/c1-3-5-7-9-14(23)13(21-16(24)10-8-6-4-2)12-28-20-19(27)18(26)17(25)15(11-22)29-20/h13-15,17-20,22-23,25-27H,3-12H2,1-2H3,(H,21,24). The molecule has 1 fully saturated rings. The van der Waals surface area contributed by atoms with Gasteiger partial charge in [-0.25, -0.2) is 0 Å². The molecule has 0 spiro atoms. The summed E-state index contributed by atoms with van der Waals surface area (Å²) in [5, 5.41) is 52.3. The number of hydrogen-bond acceptors (Lipinski definition) is 8. The van der Waals surface area contributed by atoms with Crippen LogP contribution in [-0.4, -0.2) is 87.5 Å². The summed E-state index contributed by atoms with van der Waals surface area (Å²) in [7, 11) is 0. The normalized spacial score (nSPS) is 29.4. The number of aliphatic hydroxyl groups excluding tert-OH is 5. The highest BCUT2D eigenvalue weighted by Gasteiger charge is 2.44. The first-order chi connectivity index (χ1) is 13.8. The maximum Gasteiger partial charge on any atom is 0.220 e. The molecule has 0 saturated carbocycles. The van der Waals surface area contributed by atoms with Crippen molar-refractivity contribution in [2.24, 2.45) is 0 Å². The van der Waals surface area contributed by atoms with Gasteiger partial charge in [-0.2, -0.15) is 0 Å². The van der Waals surface area contributed by atoms with Crippen molar-refractivity contribution in [2.75, 3.05) is 13.2 Å². The maximum atomic E-state index is 12.2. The molecule has 1 heterocycles. The van der Waals surface area contributed by atoms with Crippen LogP contribution in [0.25, 0.3) is 0 Å². The SMILES string of the molecule is CCCCCC(=O)NC(COC1OC(CO)C(O)C(O)C1O)C(O)CCCCC. The molecular formula is C20H39NO8. The second-order valence-corrected chi connectivity index (χ2v) is 7.72. The Kier molecular flexibility index (Phi) is 12.9. The average Bonchev–Trinajstić information content (AvgIpc) is 2.70. The van der Waals surface area contributed by atoms with Gasteiger partial charge in [0.25, 0.3) is 0 Å². The summed E-state index contributed by atoms with van der Waals surface area (Å²) in [5.74, 6) is -0.185. The first-order valence-corrected chi connectivity index (χ1v) is 10.7. The van der Waals surface area contributed by atoms with E-state index in [1.54, 1.807) is 0 Å². The molecule has 9 heteroatoms. The lowest BCUT2D eigenvalue weighted by Gasteiger charge is -2.40. The molecule has 7 unspecified atom stereocenters. The first kappa shape index (κ1) is 26.2. The smallest absolute Gasteiger partial charge is 0.220 e. The summed E-state index contributed by atoms with van der Waals surface area (Å²) in [4.78, 5) is 12.2. The van der Waals surface area contributed by atoms with Crippen LogP contribution in [0.2, 0.25) is 0 Å². The van der Waals surface area contributed by atoms with Crippen LogP contribution in [0, 0.1) is 0 Å².